The smallest absolute Gasteiger partial charge is 0.227 e. The Balaban J connectivity index is 1.33. The van der Waals surface area contributed by atoms with Crippen molar-refractivity contribution in [2.75, 3.05) is 5.32 Å². The molecule has 0 aliphatic rings. The fourth-order valence-corrected chi connectivity index (χ4v) is 2.96. The lowest BCUT2D eigenvalue weighted by molar-refractivity contribution is -0.116. The van der Waals surface area contributed by atoms with Crippen LogP contribution in [0.25, 0.3) is 10.9 Å². The number of anilines is 1. The molecule has 0 spiro atoms. The van der Waals surface area contributed by atoms with Crippen molar-refractivity contribution in [2.45, 2.75) is 19.5 Å². The molecule has 4 aromatic rings. The zero-order valence-electron chi connectivity index (χ0n) is 14.2. The molecule has 1 aromatic carbocycles. The van der Waals surface area contributed by atoms with Crippen molar-refractivity contribution in [3.8, 4) is 0 Å². The summed E-state index contributed by atoms with van der Waals surface area (Å²) in [5, 5.41) is 8.43. The fourth-order valence-electron chi connectivity index (χ4n) is 2.96. The van der Waals surface area contributed by atoms with Crippen LogP contribution >= 0.6 is 0 Å². The van der Waals surface area contributed by atoms with Crippen molar-refractivity contribution in [1.29, 1.82) is 0 Å². The Hall–Kier alpha value is -3.41. The minimum Gasteiger partial charge on any atom is -0.347 e. The van der Waals surface area contributed by atoms with E-state index in [-0.39, 0.29) is 5.91 Å². The van der Waals surface area contributed by atoms with Crippen LogP contribution in [0.4, 0.5) is 5.82 Å². The van der Waals surface area contributed by atoms with Crippen LogP contribution in [-0.4, -0.2) is 25.2 Å². The largest absolute Gasteiger partial charge is 0.347 e. The van der Waals surface area contributed by atoms with Crippen molar-refractivity contribution < 1.29 is 4.79 Å². The van der Waals surface area contributed by atoms with E-state index in [4.69, 9.17) is 0 Å². The SMILES string of the molecule is O=C(CCn1ccc2ccccc21)Nc1ccn(Cc2cccnc2)n1. The van der Waals surface area contributed by atoms with Gasteiger partial charge in [0.1, 0.15) is 0 Å². The molecule has 0 aliphatic carbocycles. The molecule has 6 nitrogen and oxygen atoms in total. The van der Waals surface area contributed by atoms with Gasteiger partial charge in [0.15, 0.2) is 5.82 Å². The van der Waals surface area contributed by atoms with E-state index in [1.54, 1.807) is 23.1 Å². The maximum atomic E-state index is 12.2. The third-order valence-electron chi connectivity index (χ3n) is 4.24. The lowest BCUT2D eigenvalue weighted by atomic mass is 10.2. The van der Waals surface area contributed by atoms with Crippen LogP contribution in [0.1, 0.15) is 12.0 Å². The van der Waals surface area contributed by atoms with Gasteiger partial charge in [0.2, 0.25) is 5.91 Å². The average molecular weight is 345 g/mol. The topological polar surface area (TPSA) is 64.7 Å². The summed E-state index contributed by atoms with van der Waals surface area (Å²) >= 11 is 0. The molecule has 6 heteroatoms. The maximum absolute atomic E-state index is 12.2. The molecule has 0 saturated heterocycles. The van der Waals surface area contributed by atoms with Crippen LogP contribution in [0.3, 0.4) is 0 Å². The zero-order chi connectivity index (χ0) is 17.8. The van der Waals surface area contributed by atoms with E-state index in [9.17, 15) is 4.79 Å². The first-order chi connectivity index (χ1) is 12.8. The predicted molar refractivity (Wildman–Crippen MR) is 101 cm³/mol. The molecule has 1 N–H and O–H groups in total. The Bertz CT molecular complexity index is 1020. The number of carbonyl (C=O) groups is 1. The second kappa shape index (κ2) is 7.23. The Labute approximate surface area is 151 Å². The summed E-state index contributed by atoms with van der Waals surface area (Å²) in [6, 6.07) is 15.9. The molecule has 26 heavy (non-hydrogen) atoms. The molecule has 0 fully saturated rings. The van der Waals surface area contributed by atoms with Gasteiger partial charge in [-0.1, -0.05) is 24.3 Å². The van der Waals surface area contributed by atoms with Gasteiger partial charge >= 0.3 is 0 Å². The van der Waals surface area contributed by atoms with Crippen LogP contribution < -0.4 is 5.32 Å². The average Bonchev–Trinajstić information content (AvgIpc) is 3.28. The molecule has 1 amide bonds. The highest BCUT2D eigenvalue weighted by atomic mass is 16.1. The van der Waals surface area contributed by atoms with E-state index < -0.39 is 0 Å². The number of fused-ring (bicyclic) bond motifs is 1. The molecule has 4 rings (SSSR count). The highest BCUT2D eigenvalue weighted by Gasteiger charge is 2.07. The first-order valence-corrected chi connectivity index (χ1v) is 8.54. The second-order valence-corrected chi connectivity index (χ2v) is 6.13. The van der Waals surface area contributed by atoms with E-state index in [1.165, 1.54) is 5.39 Å². The Kier molecular flexibility index (Phi) is 4.47. The molecule has 0 saturated carbocycles. The van der Waals surface area contributed by atoms with Crippen molar-refractivity contribution in [2.24, 2.45) is 0 Å². The normalized spacial score (nSPS) is 10.9. The van der Waals surface area contributed by atoms with E-state index in [0.717, 1.165) is 11.1 Å². The lowest BCUT2D eigenvalue weighted by Gasteiger charge is -2.06. The number of carbonyl (C=O) groups excluding carboxylic acids is 1. The van der Waals surface area contributed by atoms with Gasteiger partial charge in [-0.3, -0.25) is 14.5 Å². The Morgan fingerprint density at radius 1 is 1.04 bits per heavy atom. The molecular weight excluding hydrogens is 326 g/mol. The van der Waals surface area contributed by atoms with Crippen LogP contribution in [0.5, 0.6) is 0 Å². The molecular formula is C20H19N5O. The summed E-state index contributed by atoms with van der Waals surface area (Å²) in [5.74, 6) is 0.519. The number of pyridine rings is 1. The van der Waals surface area contributed by atoms with Crippen molar-refractivity contribution >= 4 is 22.6 Å². The van der Waals surface area contributed by atoms with Gasteiger partial charge in [-0.05, 0) is 29.1 Å². The molecule has 130 valence electrons. The maximum Gasteiger partial charge on any atom is 0.227 e. The van der Waals surface area contributed by atoms with Crippen molar-refractivity contribution in [3.05, 3.63) is 78.9 Å². The number of rotatable bonds is 6. The van der Waals surface area contributed by atoms with Crippen LogP contribution in [0.15, 0.2) is 73.3 Å². The third-order valence-corrected chi connectivity index (χ3v) is 4.24. The van der Waals surface area contributed by atoms with E-state index in [1.807, 2.05) is 36.7 Å². The summed E-state index contributed by atoms with van der Waals surface area (Å²) in [6.07, 6.45) is 7.81. The van der Waals surface area contributed by atoms with Crippen molar-refractivity contribution in [3.63, 3.8) is 0 Å². The van der Waals surface area contributed by atoms with Gasteiger partial charge in [0.05, 0.1) is 6.54 Å². The minimum absolute atomic E-state index is 0.0468. The standard InChI is InChI=1S/C20H19N5O/c26-20(9-12-24-11-7-17-5-1-2-6-18(17)24)22-19-8-13-25(23-19)15-16-4-3-10-21-14-16/h1-8,10-11,13-14H,9,12,15H2,(H,22,23,26). The first kappa shape index (κ1) is 16.1. The number of para-hydroxylation sites is 1. The van der Waals surface area contributed by atoms with E-state index >= 15 is 0 Å². The third kappa shape index (κ3) is 3.64. The zero-order valence-corrected chi connectivity index (χ0v) is 14.2. The molecule has 3 heterocycles. The van der Waals surface area contributed by atoms with Crippen LogP contribution in [-0.2, 0) is 17.9 Å². The van der Waals surface area contributed by atoms with Gasteiger partial charge in [0, 0.05) is 49.3 Å². The van der Waals surface area contributed by atoms with Gasteiger partial charge in [0.25, 0.3) is 0 Å². The lowest BCUT2D eigenvalue weighted by Crippen LogP contribution is -2.15. The van der Waals surface area contributed by atoms with E-state index in [2.05, 4.69) is 38.2 Å². The summed E-state index contributed by atoms with van der Waals surface area (Å²) in [6.45, 7) is 1.26. The summed E-state index contributed by atoms with van der Waals surface area (Å²) in [5.41, 5.74) is 2.20. The predicted octanol–water partition coefficient (Wildman–Crippen LogP) is 3.31. The number of benzene rings is 1. The molecule has 3 aromatic heterocycles. The molecule has 0 atom stereocenters. The van der Waals surface area contributed by atoms with Crippen LogP contribution in [0.2, 0.25) is 0 Å². The molecule has 0 bridgehead atoms. The Morgan fingerprint density at radius 3 is 2.85 bits per heavy atom. The molecule has 0 unspecified atom stereocenters. The van der Waals surface area contributed by atoms with Gasteiger partial charge in [-0.2, -0.15) is 5.10 Å². The number of hydrogen-bond donors (Lipinski definition) is 1. The van der Waals surface area contributed by atoms with E-state index in [0.29, 0.717) is 25.3 Å². The quantitative estimate of drug-likeness (QED) is 0.583. The first-order valence-electron chi connectivity index (χ1n) is 8.54. The number of nitrogens with one attached hydrogen (secondary N) is 1. The summed E-state index contributed by atoms with van der Waals surface area (Å²) < 4.78 is 3.88. The highest BCUT2D eigenvalue weighted by molar-refractivity contribution is 5.89. The number of amides is 1. The fraction of sp³-hybridized carbons (Fsp3) is 0.150. The Morgan fingerprint density at radius 2 is 1.96 bits per heavy atom. The summed E-state index contributed by atoms with van der Waals surface area (Å²) in [7, 11) is 0. The van der Waals surface area contributed by atoms with Gasteiger partial charge < -0.3 is 9.88 Å². The molecule has 0 radical (unpaired) electrons. The second-order valence-electron chi connectivity index (χ2n) is 6.13. The number of aryl methyl sites for hydroxylation is 1. The van der Waals surface area contributed by atoms with Crippen LogP contribution in [0, 0.1) is 0 Å². The monoisotopic (exact) mass is 345 g/mol. The number of nitrogens with zero attached hydrogens (tertiary/aromatic N) is 4. The van der Waals surface area contributed by atoms with Gasteiger partial charge in [-0.25, -0.2) is 0 Å². The minimum atomic E-state index is -0.0468. The highest BCUT2D eigenvalue weighted by Crippen LogP contribution is 2.15. The molecule has 0 aliphatic heterocycles. The number of hydrogen-bond acceptors (Lipinski definition) is 3. The number of aromatic nitrogens is 4. The summed E-state index contributed by atoms with van der Waals surface area (Å²) in [4.78, 5) is 16.3. The van der Waals surface area contributed by atoms with Gasteiger partial charge in [-0.15, -0.1) is 0 Å². The van der Waals surface area contributed by atoms with Crippen molar-refractivity contribution in [1.82, 2.24) is 19.3 Å².